The SMILES string of the molecule is Cc1cccc(C)c1NC(=O)CN1CCNCC1O. The number of benzene rings is 1. The van der Waals surface area contributed by atoms with Crippen molar-refractivity contribution < 1.29 is 9.90 Å². The Bertz CT molecular complexity index is 442. The van der Waals surface area contributed by atoms with Gasteiger partial charge in [-0.05, 0) is 25.0 Å². The number of hydrogen-bond donors (Lipinski definition) is 3. The first-order chi connectivity index (χ1) is 9.08. The van der Waals surface area contributed by atoms with Crippen LogP contribution >= 0.6 is 0 Å². The van der Waals surface area contributed by atoms with Crippen molar-refractivity contribution in [3.8, 4) is 0 Å². The lowest BCUT2D eigenvalue weighted by molar-refractivity contribution is -0.120. The number of nitrogens with zero attached hydrogens (tertiary/aromatic N) is 1. The van der Waals surface area contributed by atoms with Gasteiger partial charge in [-0.1, -0.05) is 18.2 Å². The zero-order valence-electron chi connectivity index (χ0n) is 11.4. The Kier molecular flexibility index (Phi) is 4.52. The normalized spacial score (nSPS) is 20.3. The van der Waals surface area contributed by atoms with E-state index in [-0.39, 0.29) is 12.5 Å². The number of piperazine rings is 1. The van der Waals surface area contributed by atoms with Crippen molar-refractivity contribution in [2.45, 2.75) is 20.1 Å². The van der Waals surface area contributed by atoms with Gasteiger partial charge < -0.3 is 15.7 Å². The molecule has 5 heteroatoms. The van der Waals surface area contributed by atoms with Crippen LogP contribution in [0.1, 0.15) is 11.1 Å². The van der Waals surface area contributed by atoms with Crippen LogP contribution in [0.3, 0.4) is 0 Å². The summed E-state index contributed by atoms with van der Waals surface area (Å²) in [6, 6.07) is 5.92. The predicted molar refractivity (Wildman–Crippen MR) is 75.0 cm³/mol. The number of carbonyl (C=O) groups is 1. The molecule has 0 aromatic heterocycles. The lowest BCUT2D eigenvalue weighted by Gasteiger charge is -2.31. The summed E-state index contributed by atoms with van der Waals surface area (Å²) in [5.41, 5.74) is 2.97. The molecule has 1 aliphatic rings. The molecule has 1 amide bonds. The summed E-state index contributed by atoms with van der Waals surface area (Å²) in [6.07, 6.45) is -0.586. The number of anilines is 1. The van der Waals surface area contributed by atoms with E-state index in [4.69, 9.17) is 0 Å². The summed E-state index contributed by atoms with van der Waals surface area (Å²) in [4.78, 5) is 13.8. The molecule has 19 heavy (non-hydrogen) atoms. The molecule has 0 aliphatic carbocycles. The first kappa shape index (κ1) is 14.0. The van der Waals surface area contributed by atoms with E-state index in [2.05, 4.69) is 10.6 Å². The molecule has 0 saturated carbocycles. The Balaban J connectivity index is 1.97. The largest absolute Gasteiger partial charge is 0.377 e. The van der Waals surface area contributed by atoms with Crippen LogP contribution < -0.4 is 10.6 Å². The molecule has 104 valence electrons. The number of aliphatic hydroxyl groups excluding tert-OH is 1. The van der Waals surface area contributed by atoms with Gasteiger partial charge in [-0.2, -0.15) is 0 Å². The molecular weight excluding hydrogens is 242 g/mol. The van der Waals surface area contributed by atoms with E-state index in [1.807, 2.05) is 32.0 Å². The Morgan fingerprint density at radius 2 is 2.16 bits per heavy atom. The third-order valence-electron chi connectivity index (χ3n) is 3.42. The van der Waals surface area contributed by atoms with Crippen LogP contribution in [-0.4, -0.2) is 48.3 Å². The van der Waals surface area contributed by atoms with E-state index in [0.717, 1.165) is 23.4 Å². The maximum Gasteiger partial charge on any atom is 0.238 e. The summed E-state index contributed by atoms with van der Waals surface area (Å²) in [5.74, 6) is -0.0849. The summed E-state index contributed by atoms with van der Waals surface area (Å²) >= 11 is 0. The quantitative estimate of drug-likeness (QED) is 0.741. The zero-order chi connectivity index (χ0) is 13.8. The highest BCUT2D eigenvalue weighted by molar-refractivity contribution is 5.93. The molecule has 1 atom stereocenters. The molecule has 2 rings (SSSR count). The van der Waals surface area contributed by atoms with Crippen LogP contribution in [0.2, 0.25) is 0 Å². The monoisotopic (exact) mass is 263 g/mol. The average molecular weight is 263 g/mol. The highest BCUT2D eigenvalue weighted by Crippen LogP contribution is 2.19. The molecule has 0 bridgehead atoms. The van der Waals surface area contributed by atoms with Crippen LogP contribution in [0, 0.1) is 13.8 Å². The first-order valence-corrected chi connectivity index (χ1v) is 6.57. The molecule has 1 unspecified atom stereocenters. The fourth-order valence-electron chi connectivity index (χ4n) is 2.29. The second-order valence-electron chi connectivity index (χ2n) is 4.97. The zero-order valence-corrected chi connectivity index (χ0v) is 11.4. The number of hydrogen-bond acceptors (Lipinski definition) is 4. The lowest BCUT2D eigenvalue weighted by atomic mass is 10.1. The van der Waals surface area contributed by atoms with Gasteiger partial charge in [0.25, 0.3) is 0 Å². The van der Waals surface area contributed by atoms with E-state index in [9.17, 15) is 9.90 Å². The van der Waals surface area contributed by atoms with Gasteiger partial charge >= 0.3 is 0 Å². The third-order valence-corrected chi connectivity index (χ3v) is 3.42. The standard InChI is InChI=1S/C14H21N3O2/c1-10-4-3-5-11(2)14(10)16-12(18)9-17-7-6-15-8-13(17)19/h3-5,13,15,19H,6-9H2,1-2H3,(H,16,18). The predicted octanol–water partition coefficient (Wildman–Crippen LogP) is 0.466. The van der Waals surface area contributed by atoms with Crippen molar-refractivity contribution in [1.82, 2.24) is 10.2 Å². The van der Waals surface area contributed by atoms with E-state index < -0.39 is 6.23 Å². The fraction of sp³-hybridized carbons (Fsp3) is 0.500. The summed E-state index contributed by atoms with van der Waals surface area (Å²) in [5, 5.41) is 15.8. The molecule has 1 saturated heterocycles. The topological polar surface area (TPSA) is 64.6 Å². The smallest absolute Gasteiger partial charge is 0.238 e. The molecule has 0 spiro atoms. The van der Waals surface area contributed by atoms with Crippen molar-refractivity contribution in [2.75, 3.05) is 31.5 Å². The minimum Gasteiger partial charge on any atom is -0.377 e. The maximum absolute atomic E-state index is 12.0. The number of aryl methyl sites for hydroxylation is 2. The van der Waals surface area contributed by atoms with Gasteiger partial charge in [0, 0.05) is 25.3 Å². The second kappa shape index (κ2) is 6.14. The first-order valence-electron chi connectivity index (χ1n) is 6.57. The van der Waals surface area contributed by atoms with Crippen molar-refractivity contribution in [3.63, 3.8) is 0 Å². The van der Waals surface area contributed by atoms with E-state index in [1.54, 1.807) is 4.90 Å². The number of amides is 1. The number of carbonyl (C=O) groups excluding carboxylic acids is 1. The molecule has 1 heterocycles. The Morgan fingerprint density at radius 3 is 2.79 bits per heavy atom. The number of para-hydroxylation sites is 1. The third kappa shape index (κ3) is 3.53. The molecule has 1 fully saturated rings. The average Bonchev–Trinajstić information content (AvgIpc) is 2.37. The van der Waals surface area contributed by atoms with Gasteiger partial charge in [-0.15, -0.1) is 0 Å². The van der Waals surface area contributed by atoms with E-state index >= 15 is 0 Å². The minimum atomic E-state index is -0.586. The van der Waals surface area contributed by atoms with E-state index in [0.29, 0.717) is 13.1 Å². The molecule has 1 aromatic carbocycles. The van der Waals surface area contributed by atoms with Crippen LogP contribution in [0.4, 0.5) is 5.69 Å². The number of rotatable bonds is 3. The lowest BCUT2D eigenvalue weighted by Crippen LogP contribution is -2.53. The van der Waals surface area contributed by atoms with Crippen LogP contribution in [-0.2, 0) is 4.79 Å². The maximum atomic E-state index is 12.0. The molecule has 0 radical (unpaired) electrons. The summed E-state index contributed by atoms with van der Waals surface area (Å²) in [6.45, 7) is 6.16. The summed E-state index contributed by atoms with van der Waals surface area (Å²) < 4.78 is 0. The Hall–Kier alpha value is -1.43. The molecular formula is C14H21N3O2. The van der Waals surface area contributed by atoms with E-state index in [1.165, 1.54) is 0 Å². The van der Waals surface area contributed by atoms with Crippen LogP contribution in [0.5, 0.6) is 0 Å². The fourth-order valence-corrected chi connectivity index (χ4v) is 2.29. The van der Waals surface area contributed by atoms with Gasteiger partial charge in [-0.25, -0.2) is 0 Å². The number of aliphatic hydroxyl groups is 1. The summed E-state index contributed by atoms with van der Waals surface area (Å²) in [7, 11) is 0. The van der Waals surface area contributed by atoms with Crippen molar-refractivity contribution in [2.24, 2.45) is 0 Å². The van der Waals surface area contributed by atoms with Gasteiger partial charge in [0.15, 0.2) is 0 Å². The van der Waals surface area contributed by atoms with Crippen molar-refractivity contribution in [3.05, 3.63) is 29.3 Å². The van der Waals surface area contributed by atoms with Gasteiger partial charge in [0.05, 0.1) is 6.54 Å². The highest BCUT2D eigenvalue weighted by Gasteiger charge is 2.22. The number of nitrogens with one attached hydrogen (secondary N) is 2. The second-order valence-corrected chi connectivity index (χ2v) is 4.97. The van der Waals surface area contributed by atoms with Crippen molar-refractivity contribution >= 4 is 11.6 Å². The molecule has 3 N–H and O–H groups in total. The minimum absolute atomic E-state index is 0.0849. The highest BCUT2D eigenvalue weighted by atomic mass is 16.3. The number of β-amino-alcohol motifs (C(OH)–C–C–N with tert-alkyl or cyclic N) is 1. The molecule has 1 aliphatic heterocycles. The van der Waals surface area contributed by atoms with Crippen LogP contribution in [0.15, 0.2) is 18.2 Å². The Labute approximate surface area is 113 Å². The molecule has 5 nitrogen and oxygen atoms in total. The molecule has 1 aromatic rings. The van der Waals surface area contributed by atoms with Gasteiger partial charge in [0.2, 0.25) is 5.91 Å². The van der Waals surface area contributed by atoms with Gasteiger partial charge in [-0.3, -0.25) is 9.69 Å². The van der Waals surface area contributed by atoms with Crippen molar-refractivity contribution in [1.29, 1.82) is 0 Å². The van der Waals surface area contributed by atoms with Crippen LogP contribution in [0.25, 0.3) is 0 Å². The Morgan fingerprint density at radius 1 is 1.47 bits per heavy atom. The van der Waals surface area contributed by atoms with Gasteiger partial charge in [0.1, 0.15) is 6.23 Å².